The number of para-hydroxylation sites is 2. The average molecular weight is 498 g/mol. The predicted molar refractivity (Wildman–Crippen MR) is 141 cm³/mol. The van der Waals surface area contributed by atoms with Crippen molar-refractivity contribution in [2.45, 2.75) is 25.9 Å². The summed E-state index contributed by atoms with van der Waals surface area (Å²) in [6.45, 7) is 3.65. The normalized spacial score (nSPS) is 14.2. The first-order valence-corrected chi connectivity index (χ1v) is 12.2. The lowest BCUT2D eigenvalue weighted by molar-refractivity contribution is -0.120. The predicted octanol–water partition coefficient (Wildman–Crippen LogP) is 5.61. The van der Waals surface area contributed by atoms with E-state index in [-0.39, 0.29) is 30.2 Å². The minimum absolute atomic E-state index is 0.125. The first-order valence-electron chi connectivity index (χ1n) is 12.2. The lowest BCUT2D eigenvalue weighted by Gasteiger charge is -2.40. The molecule has 37 heavy (non-hydrogen) atoms. The number of anilines is 1. The number of hydrogen-bond acceptors (Lipinski definition) is 3. The van der Waals surface area contributed by atoms with Gasteiger partial charge in [0.05, 0.1) is 24.2 Å². The summed E-state index contributed by atoms with van der Waals surface area (Å²) in [7, 11) is 1.55. The van der Waals surface area contributed by atoms with Crippen LogP contribution in [0.3, 0.4) is 0 Å². The number of rotatable bonds is 6. The molecule has 1 aliphatic heterocycles. The Morgan fingerprint density at radius 1 is 0.946 bits per heavy atom. The third-order valence-electron chi connectivity index (χ3n) is 6.68. The molecule has 0 saturated heterocycles. The van der Waals surface area contributed by atoms with E-state index in [0.717, 1.165) is 22.6 Å². The Balaban J connectivity index is 1.56. The van der Waals surface area contributed by atoms with Crippen molar-refractivity contribution in [1.82, 2.24) is 9.47 Å². The van der Waals surface area contributed by atoms with E-state index < -0.39 is 6.04 Å². The number of methoxy groups -OCH3 is 1. The van der Waals surface area contributed by atoms with E-state index in [9.17, 15) is 14.0 Å². The fraction of sp³-hybridized carbons (Fsp3) is 0.200. The van der Waals surface area contributed by atoms with Crippen LogP contribution in [0.5, 0.6) is 5.75 Å². The van der Waals surface area contributed by atoms with Gasteiger partial charge >= 0.3 is 0 Å². The van der Waals surface area contributed by atoms with Gasteiger partial charge in [-0.2, -0.15) is 0 Å². The molecule has 188 valence electrons. The number of nitrogens with zero attached hydrogens (tertiary/aromatic N) is 3. The van der Waals surface area contributed by atoms with E-state index in [1.165, 1.54) is 12.1 Å². The van der Waals surface area contributed by atoms with E-state index in [0.29, 0.717) is 11.3 Å². The van der Waals surface area contributed by atoms with Gasteiger partial charge in [0.15, 0.2) is 0 Å². The minimum atomic E-state index is -0.487. The second-order valence-corrected chi connectivity index (χ2v) is 9.27. The maximum absolute atomic E-state index is 14.1. The Labute approximate surface area is 215 Å². The number of amides is 2. The van der Waals surface area contributed by atoms with Gasteiger partial charge in [0.1, 0.15) is 24.2 Å². The first-order chi connectivity index (χ1) is 17.9. The second kappa shape index (κ2) is 9.93. The molecule has 1 atom stereocenters. The molecule has 0 radical (unpaired) electrons. The molecule has 0 spiro atoms. The number of ether oxygens (including phenoxy) is 1. The van der Waals surface area contributed by atoms with Gasteiger partial charge in [-0.25, -0.2) is 4.39 Å². The Kier molecular flexibility index (Phi) is 6.53. The first kappa shape index (κ1) is 24.3. The number of carbonyl (C=O) groups is 2. The molecule has 0 fully saturated rings. The third-order valence-corrected chi connectivity index (χ3v) is 6.68. The number of fused-ring (bicyclic) bond motifs is 3. The van der Waals surface area contributed by atoms with Crippen molar-refractivity contribution < 1.29 is 18.7 Å². The molecule has 4 aromatic rings. The van der Waals surface area contributed by atoms with Gasteiger partial charge in [-0.1, -0.05) is 30.3 Å². The minimum Gasteiger partial charge on any atom is -0.497 e. The lowest BCUT2D eigenvalue weighted by Crippen LogP contribution is -2.48. The molecule has 1 unspecified atom stereocenters. The molecule has 2 amide bonds. The number of aromatic nitrogens is 1. The van der Waals surface area contributed by atoms with Crippen molar-refractivity contribution in [3.05, 3.63) is 114 Å². The Morgan fingerprint density at radius 2 is 1.68 bits per heavy atom. The Bertz CT molecular complexity index is 1440. The van der Waals surface area contributed by atoms with Crippen LogP contribution in [0.4, 0.5) is 10.1 Å². The van der Waals surface area contributed by atoms with Crippen LogP contribution in [0.25, 0.3) is 5.69 Å². The van der Waals surface area contributed by atoms with Gasteiger partial charge in [-0.15, -0.1) is 0 Å². The Hall–Kier alpha value is -4.39. The standard InChI is InChI=1S/C30H28FN3O3/c1-20(2)33(30(36)22-8-6-9-24(18-22)37-3)19-28(35)34-26-11-5-4-10-25(26)32-17-7-12-27(32)29(34)21-13-15-23(31)16-14-21/h4-18,20,29H,19H2,1-3H3. The summed E-state index contributed by atoms with van der Waals surface area (Å²) in [5.74, 6) is -0.264. The highest BCUT2D eigenvalue weighted by atomic mass is 19.1. The molecule has 6 nitrogen and oxygen atoms in total. The summed E-state index contributed by atoms with van der Waals surface area (Å²) in [5.41, 5.74) is 3.70. The topological polar surface area (TPSA) is 54.8 Å². The SMILES string of the molecule is COc1cccc(C(=O)N(CC(=O)N2c3ccccc3-n3cccc3C2c2ccc(F)cc2)C(C)C)c1. The molecule has 0 bridgehead atoms. The number of halogens is 1. The zero-order valence-corrected chi connectivity index (χ0v) is 21.0. The molecular weight excluding hydrogens is 469 g/mol. The third kappa shape index (κ3) is 4.48. The van der Waals surface area contributed by atoms with Crippen molar-refractivity contribution >= 4 is 17.5 Å². The van der Waals surface area contributed by atoms with E-state index in [4.69, 9.17) is 4.74 Å². The van der Waals surface area contributed by atoms with E-state index in [1.54, 1.807) is 53.3 Å². The van der Waals surface area contributed by atoms with E-state index in [1.807, 2.05) is 56.4 Å². The summed E-state index contributed by atoms with van der Waals surface area (Å²) >= 11 is 0. The van der Waals surface area contributed by atoms with Crippen LogP contribution >= 0.6 is 0 Å². The van der Waals surface area contributed by atoms with Crippen molar-refractivity contribution in [1.29, 1.82) is 0 Å². The molecule has 1 aromatic heterocycles. The highest BCUT2D eigenvalue weighted by molar-refractivity contribution is 6.02. The van der Waals surface area contributed by atoms with Crippen LogP contribution in [0.15, 0.2) is 91.1 Å². The molecule has 0 saturated carbocycles. The average Bonchev–Trinajstić information content (AvgIpc) is 3.41. The monoisotopic (exact) mass is 497 g/mol. The summed E-state index contributed by atoms with van der Waals surface area (Å²) in [4.78, 5) is 31.0. The highest BCUT2D eigenvalue weighted by Crippen LogP contribution is 2.42. The van der Waals surface area contributed by atoms with Crippen LogP contribution in [0, 0.1) is 5.82 Å². The highest BCUT2D eigenvalue weighted by Gasteiger charge is 2.37. The van der Waals surface area contributed by atoms with Crippen molar-refractivity contribution in [2.24, 2.45) is 0 Å². The lowest BCUT2D eigenvalue weighted by atomic mass is 9.97. The number of benzene rings is 3. The van der Waals surface area contributed by atoms with Gasteiger partial charge in [-0.05, 0) is 74.0 Å². The molecule has 1 aliphatic rings. The fourth-order valence-electron chi connectivity index (χ4n) is 4.86. The van der Waals surface area contributed by atoms with Crippen LogP contribution in [0.2, 0.25) is 0 Å². The zero-order valence-electron chi connectivity index (χ0n) is 21.0. The number of carbonyl (C=O) groups excluding carboxylic acids is 2. The summed E-state index contributed by atoms with van der Waals surface area (Å²) in [6, 6.07) is 24.0. The van der Waals surface area contributed by atoms with Gasteiger partial charge in [0, 0.05) is 17.8 Å². The maximum atomic E-state index is 14.1. The van der Waals surface area contributed by atoms with Crippen LogP contribution < -0.4 is 9.64 Å². The Morgan fingerprint density at radius 3 is 2.38 bits per heavy atom. The molecular formula is C30H28FN3O3. The molecule has 2 heterocycles. The molecule has 0 aliphatic carbocycles. The second-order valence-electron chi connectivity index (χ2n) is 9.27. The van der Waals surface area contributed by atoms with Crippen molar-refractivity contribution in [2.75, 3.05) is 18.6 Å². The maximum Gasteiger partial charge on any atom is 0.254 e. The summed E-state index contributed by atoms with van der Waals surface area (Å²) in [5, 5.41) is 0. The van der Waals surface area contributed by atoms with Crippen molar-refractivity contribution in [3.63, 3.8) is 0 Å². The van der Waals surface area contributed by atoms with Crippen LogP contribution in [0.1, 0.15) is 41.5 Å². The van der Waals surface area contributed by atoms with Crippen LogP contribution in [-0.4, -0.2) is 41.0 Å². The van der Waals surface area contributed by atoms with Crippen molar-refractivity contribution in [3.8, 4) is 11.4 Å². The quantitative estimate of drug-likeness (QED) is 0.348. The van der Waals surface area contributed by atoms with Crippen LogP contribution in [-0.2, 0) is 4.79 Å². The van der Waals surface area contributed by atoms with Gasteiger partial charge in [0.25, 0.3) is 5.91 Å². The van der Waals surface area contributed by atoms with Gasteiger partial charge in [0.2, 0.25) is 5.91 Å². The van der Waals surface area contributed by atoms with E-state index in [2.05, 4.69) is 4.57 Å². The smallest absolute Gasteiger partial charge is 0.254 e. The molecule has 5 rings (SSSR count). The summed E-state index contributed by atoms with van der Waals surface area (Å²) in [6.07, 6.45) is 1.96. The molecule has 3 aromatic carbocycles. The zero-order chi connectivity index (χ0) is 26.1. The molecule has 0 N–H and O–H groups in total. The summed E-state index contributed by atoms with van der Waals surface area (Å²) < 4.78 is 21.1. The van der Waals surface area contributed by atoms with Gasteiger partial charge < -0.3 is 14.2 Å². The van der Waals surface area contributed by atoms with Gasteiger partial charge in [-0.3, -0.25) is 14.5 Å². The molecule has 7 heteroatoms. The largest absolute Gasteiger partial charge is 0.497 e. The number of hydrogen-bond donors (Lipinski definition) is 0. The fourth-order valence-corrected chi connectivity index (χ4v) is 4.86. The van der Waals surface area contributed by atoms with E-state index >= 15 is 0 Å².